The van der Waals surface area contributed by atoms with Crippen LogP contribution in [-0.2, 0) is 14.8 Å². The van der Waals surface area contributed by atoms with Crippen LogP contribution in [0.1, 0.15) is 10.4 Å². The minimum Gasteiger partial charge on any atom is -0.332 e. The third-order valence-corrected chi connectivity index (χ3v) is 5.09. The van der Waals surface area contributed by atoms with E-state index >= 15 is 0 Å². The van der Waals surface area contributed by atoms with Gasteiger partial charge in [-0.15, -0.1) is 6.58 Å². The van der Waals surface area contributed by atoms with Gasteiger partial charge in [0.05, 0.1) is 11.4 Å². The van der Waals surface area contributed by atoms with E-state index in [9.17, 15) is 22.4 Å². The Kier molecular flexibility index (Phi) is 7.02. The quantitative estimate of drug-likeness (QED) is 0.657. The average Bonchev–Trinajstić information content (AvgIpc) is 2.67. The molecule has 0 aromatic heterocycles. The van der Waals surface area contributed by atoms with Crippen molar-refractivity contribution in [3.63, 3.8) is 0 Å². The van der Waals surface area contributed by atoms with E-state index in [0.717, 1.165) is 4.90 Å². The molecule has 2 aromatic carbocycles. The van der Waals surface area contributed by atoms with Crippen molar-refractivity contribution in [3.05, 3.63) is 72.6 Å². The van der Waals surface area contributed by atoms with Crippen LogP contribution < -0.4 is 10.0 Å². The van der Waals surface area contributed by atoms with Crippen LogP contribution in [0.15, 0.2) is 66.1 Å². The van der Waals surface area contributed by atoms with Crippen molar-refractivity contribution < 1.29 is 22.4 Å². The van der Waals surface area contributed by atoms with Crippen molar-refractivity contribution in [3.8, 4) is 0 Å². The maximum atomic E-state index is 12.9. The fourth-order valence-electron chi connectivity index (χ4n) is 2.29. The highest BCUT2D eigenvalue weighted by Gasteiger charge is 2.19. The van der Waals surface area contributed by atoms with Crippen LogP contribution in [0, 0.1) is 5.82 Å². The Balaban J connectivity index is 2.06. The first-order chi connectivity index (χ1) is 13.2. The number of benzene rings is 2. The highest BCUT2D eigenvalue weighted by Crippen LogP contribution is 2.13. The second-order valence-corrected chi connectivity index (χ2v) is 7.65. The van der Waals surface area contributed by atoms with E-state index in [0.29, 0.717) is 5.69 Å². The van der Waals surface area contributed by atoms with Gasteiger partial charge in [0.25, 0.3) is 5.91 Å². The zero-order valence-corrected chi connectivity index (χ0v) is 16.0. The Labute approximate surface area is 162 Å². The molecule has 2 amide bonds. The predicted octanol–water partition coefficient (Wildman–Crippen LogP) is 2.00. The molecule has 0 bridgehead atoms. The molecule has 2 rings (SSSR count). The van der Waals surface area contributed by atoms with E-state index < -0.39 is 27.7 Å². The number of hydrogen-bond donors (Lipinski definition) is 2. The topological polar surface area (TPSA) is 95.6 Å². The molecule has 0 heterocycles. The van der Waals surface area contributed by atoms with Crippen LogP contribution in [0.5, 0.6) is 0 Å². The normalized spacial score (nSPS) is 10.9. The summed E-state index contributed by atoms with van der Waals surface area (Å²) in [5.41, 5.74) is 0.521. The summed E-state index contributed by atoms with van der Waals surface area (Å²) in [6.07, 6.45) is 1.40. The molecule has 0 aliphatic carbocycles. The molecule has 0 aliphatic rings. The minimum atomic E-state index is -3.77. The summed E-state index contributed by atoms with van der Waals surface area (Å²) in [5.74, 6) is -1.42. The number of sulfonamides is 1. The molecule has 0 aliphatic heterocycles. The Bertz CT molecular complexity index is 975. The molecule has 0 spiro atoms. The Hall–Kier alpha value is -3.04. The van der Waals surface area contributed by atoms with Crippen LogP contribution in [0.3, 0.4) is 0 Å². The number of carbonyl (C=O) groups is 2. The van der Waals surface area contributed by atoms with E-state index in [1.165, 1.54) is 61.7 Å². The van der Waals surface area contributed by atoms with Crippen LogP contribution in [0.25, 0.3) is 0 Å². The predicted molar refractivity (Wildman–Crippen MR) is 104 cm³/mol. The summed E-state index contributed by atoms with van der Waals surface area (Å²) < 4.78 is 39.5. The molecule has 0 unspecified atom stereocenters. The average molecular weight is 405 g/mol. The van der Waals surface area contributed by atoms with E-state index in [-0.39, 0.29) is 23.5 Å². The highest BCUT2D eigenvalue weighted by atomic mass is 32.2. The summed E-state index contributed by atoms with van der Waals surface area (Å²) in [4.78, 5) is 25.7. The van der Waals surface area contributed by atoms with Gasteiger partial charge in [-0.25, -0.2) is 17.5 Å². The summed E-state index contributed by atoms with van der Waals surface area (Å²) in [6, 6.07) is 10.7. The van der Waals surface area contributed by atoms with Gasteiger partial charge >= 0.3 is 0 Å². The first-order valence-corrected chi connectivity index (χ1v) is 9.73. The van der Waals surface area contributed by atoms with Gasteiger partial charge < -0.3 is 10.2 Å². The summed E-state index contributed by atoms with van der Waals surface area (Å²) in [6.45, 7) is 3.24. The molecule has 0 saturated heterocycles. The maximum Gasteiger partial charge on any atom is 0.254 e. The van der Waals surface area contributed by atoms with Crippen LogP contribution in [0.2, 0.25) is 0 Å². The molecule has 148 valence electrons. The van der Waals surface area contributed by atoms with Gasteiger partial charge in [-0.05, 0) is 42.5 Å². The maximum absolute atomic E-state index is 12.9. The third-order valence-electron chi connectivity index (χ3n) is 3.66. The lowest BCUT2D eigenvalue weighted by molar-refractivity contribution is -0.116. The molecule has 28 heavy (non-hydrogen) atoms. The van der Waals surface area contributed by atoms with Crippen molar-refractivity contribution in [1.29, 1.82) is 0 Å². The summed E-state index contributed by atoms with van der Waals surface area (Å²) in [5, 5.41) is 2.55. The molecule has 0 atom stereocenters. The lowest BCUT2D eigenvalue weighted by Crippen LogP contribution is -2.35. The second kappa shape index (κ2) is 9.25. The first-order valence-electron chi connectivity index (χ1n) is 8.24. The third kappa shape index (κ3) is 5.73. The van der Waals surface area contributed by atoms with Crippen molar-refractivity contribution in [2.45, 2.75) is 4.90 Å². The molecule has 9 heteroatoms. The lowest BCUT2D eigenvalue weighted by Gasteiger charge is -2.17. The van der Waals surface area contributed by atoms with E-state index in [2.05, 4.69) is 16.6 Å². The van der Waals surface area contributed by atoms with Gasteiger partial charge in [0, 0.05) is 24.8 Å². The number of nitrogens with zero attached hydrogens (tertiary/aromatic N) is 1. The number of halogens is 1. The fourth-order valence-corrected chi connectivity index (χ4v) is 3.33. The van der Waals surface area contributed by atoms with E-state index in [4.69, 9.17) is 0 Å². The van der Waals surface area contributed by atoms with Gasteiger partial charge in [0.1, 0.15) is 5.82 Å². The lowest BCUT2D eigenvalue weighted by atomic mass is 10.2. The minimum absolute atomic E-state index is 0.0595. The van der Waals surface area contributed by atoms with Gasteiger partial charge in [-0.3, -0.25) is 9.59 Å². The smallest absolute Gasteiger partial charge is 0.254 e. The van der Waals surface area contributed by atoms with Crippen molar-refractivity contribution >= 4 is 27.5 Å². The molecule has 0 fully saturated rings. The molecular weight excluding hydrogens is 385 g/mol. The molecule has 2 aromatic rings. The number of amides is 2. The first kappa shape index (κ1) is 21.3. The zero-order chi connectivity index (χ0) is 20.7. The zero-order valence-electron chi connectivity index (χ0n) is 15.2. The molecular formula is C19H20FN3O4S. The van der Waals surface area contributed by atoms with Crippen molar-refractivity contribution in [1.82, 2.24) is 9.62 Å². The van der Waals surface area contributed by atoms with E-state index in [1.807, 2.05) is 0 Å². The van der Waals surface area contributed by atoms with Crippen molar-refractivity contribution in [2.75, 3.05) is 25.5 Å². The number of rotatable bonds is 8. The van der Waals surface area contributed by atoms with E-state index in [1.54, 1.807) is 0 Å². The summed E-state index contributed by atoms with van der Waals surface area (Å²) in [7, 11) is -2.35. The standard InChI is InChI=1S/C19H20FN3O4S/c1-3-11-21-28(26,27)17-6-4-5-14(12-17)19(25)23(2)13-18(24)22-16-9-7-15(20)8-10-16/h3-10,12,21H,1,11,13H2,2H3,(H,22,24). The number of anilines is 1. The number of likely N-dealkylation sites (N-methyl/N-ethyl adjacent to an activating group) is 1. The number of carbonyl (C=O) groups excluding carboxylic acids is 2. The van der Waals surface area contributed by atoms with Crippen LogP contribution in [0.4, 0.5) is 10.1 Å². The highest BCUT2D eigenvalue weighted by molar-refractivity contribution is 7.89. The fraction of sp³-hybridized carbons (Fsp3) is 0.158. The Morgan fingerprint density at radius 2 is 1.86 bits per heavy atom. The van der Waals surface area contributed by atoms with Gasteiger partial charge in [-0.2, -0.15) is 0 Å². The number of nitrogens with one attached hydrogen (secondary N) is 2. The number of hydrogen-bond acceptors (Lipinski definition) is 4. The molecule has 0 saturated carbocycles. The Morgan fingerprint density at radius 1 is 1.18 bits per heavy atom. The van der Waals surface area contributed by atoms with Crippen LogP contribution in [-0.4, -0.2) is 45.3 Å². The van der Waals surface area contributed by atoms with Crippen LogP contribution >= 0.6 is 0 Å². The second-order valence-electron chi connectivity index (χ2n) is 5.88. The molecule has 2 N–H and O–H groups in total. The molecule has 0 radical (unpaired) electrons. The largest absolute Gasteiger partial charge is 0.332 e. The van der Waals surface area contributed by atoms with Gasteiger partial charge in [0.15, 0.2) is 0 Å². The van der Waals surface area contributed by atoms with Gasteiger partial charge in [-0.1, -0.05) is 12.1 Å². The monoisotopic (exact) mass is 405 g/mol. The molecule has 7 nitrogen and oxygen atoms in total. The van der Waals surface area contributed by atoms with Gasteiger partial charge in [0.2, 0.25) is 15.9 Å². The Morgan fingerprint density at radius 3 is 2.50 bits per heavy atom. The summed E-state index contributed by atoms with van der Waals surface area (Å²) >= 11 is 0. The van der Waals surface area contributed by atoms with Crippen molar-refractivity contribution in [2.24, 2.45) is 0 Å². The SMILES string of the molecule is C=CCNS(=O)(=O)c1cccc(C(=O)N(C)CC(=O)Nc2ccc(F)cc2)c1.